The van der Waals surface area contributed by atoms with Crippen molar-refractivity contribution in [1.82, 2.24) is 4.72 Å². The molecule has 26 heavy (non-hydrogen) atoms. The Bertz CT molecular complexity index is 895. The van der Waals surface area contributed by atoms with E-state index in [1.165, 1.54) is 6.92 Å². The zero-order chi connectivity index (χ0) is 18.7. The number of nitrogens with zero attached hydrogens (tertiary/aromatic N) is 1. The number of carbonyl (C=O) groups is 1. The van der Waals surface area contributed by atoms with Crippen LogP contribution < -0.4 is 9.62 Å². The highest BCUT2D eigenvalue weighted by atomic mass is 32.2. The molecule has 1 heterocycles. The molecule has 0 saturated carbocycles. The van der Waals surface area contributed by atoms with Gasteiger partial charge in [-0.15, -0.1) is 0 Å². The Morgan fingerprint density at radius 1 is 1.19 bits per heavy atom. The fraction of sp³-hybridized carbons (Fsp3) is 0.350. The third-order valence-electron chi connectivity index (χ3n) is 4.78. The molecule has 2 aromatic rings. The first-order valence-corrected chi connectivity index (χ1v) is 10.4. The first kappa shape index (κ1) is 18.6. The standard InChI is InChI=1S/C20H24N2O3S/c1-3-18(13-16-7-5-4-6-8-16)21-26(24,25)19-9-10-20-17(14-19)11-12-22(20)15(2)23/h4-10,14,18,21H,3,11-13H2,1-2H3. The number of rotatable bonds is 6. The lowest BCUT2D eigenvalue weighted by Crippen LogP contribution is -2.36. The van der Waals surface area contributed by atoms with Crippen LogP contribution in [-0.2, 0) is 27.7 Å². The van der Waals surface area contributed by atoms with Gasteiger partial charge in [0.1, 0.15) is 0 Å². The molecule has 1 aliphatic heterocycles. The van der Waals surface area contributed by atoms with Gasteiger partial charge < -0.3 is 4.90 Å². The van der Waals surface area contributed by atoms with E-state index < -0.39 is 10.0 Å². The van der Waals surface area contributed by atoms with Gasteiger partial charge in [0.25, 0.3) is 0 Å². The van der Waals surface area contributed by atoms with Crippen molar-refractivity contribution in [2.24, 2.45) is 0 Å². The Labute approximate surface area is 155 Å². The summed E-state index contributed by atoms with van der Waals surface area (Å²) in [5.41, 5.74) is 2.82. The van der Waals surface area contributed by atoms with E-state index in [1.807, 2.05) is 37.3 Å². The van der Waals surface area contributed by atoms with Crippen LogP contribution in [-0.4, -0.2) is 26.9 Å². The van der Waals surface area contributed by atoms with E-state index >= 15 is 0 Å². The predicted molar refractivity (Wildman–Crippen MR) is 103 cm³/mol. The normalized spacial score (nSPS) is 14.9. The summed E-state index contributed by atoms with van der Waals surface area (Å²) in [5, 5.41) is 0. The summed E-state index contributed by atoms with van der Waals surface area (Å²) >= 11 is 0. The fourth-order valence-corrected chi connectivity index (χ4v) is 4.70. The maximum absolute atomic E-state index is 12.8. The molecular formula is C20H24N2O3S. The summed E-state index contributed by atoms with van der Waals surface area (Å²) in [6, 6.07) is 14.7. The summed E-state index contributed by atoms with van der Waals surface area (Å²) in [6.07, 6.45) is 2.04. The molecule has 1 N–H and O–H groups in total. The molecular weight excluding hydrogens is 348 g/mol. The fourth-order valence-electron chi connectivity index (χ4n) is 3.33. The second-order valence-electron chi connectivity index (χ2n) is 6.63. The van der Waals surface area contributed by atoms with E-state index in [0.29, 0.717) is 25.8 Å². The van der Waals surface area contributed by atoms with Crippen molar-refractivity contribution in [3.05, 3.63) is 59.7 Å². The molecule has 0 radical (unpaired) electrons. The third kappa shape index (κ3) is 3.97. The minimum atomic E-state index is -3.60. The third-order valence-corrected chi connectivity index (χ3v) is 6.29. The number of amides is 1. The Morgan fingerprint density at radius 2 is 1.92 bits per heavy atom. The van der Waals surface area contributed by atoms with E-state index in [0.717, 1.165) is 16.8 Å². The molecule has 0 spiro atoms. The number of carbonyl (C=O) groups excluding carboxylic acids is 1. The molecule has 6 heteroatoms. The van der Waals surface area contributed by atoms with Crippen molar-refractivity contribution in [3.63, 3.8) is 0 Å². The summed E-state index contributed by atoms with van der Waals surface area (Å²) in [6.45, 7) is 4.10. The quantitative estimate of drug-likeness (QED) is 0.848. The summed E-state index contributed by atoms with van der Waals surface area (Å²) in [4.78, 5) is 13.6. The number of sulfonamides is 1. The smallest absolute Gasteiger partial charge is 0.240 e. The van der Waals surface area contributed by atoms with Crippen LogP contribution in [0, 0.1) is 0 Å². The SMILES string of the molecule is CCC(Cc1ccccc1)NS(=O)(=O)c1ccc2c(c1)CCN2C(C)=O. The van der Waals surface area contributed by atoms with E-state index in [-0.39, 0.29) is 16.8 Å². The van der Waals surface area contributed by atoms with Crippen LogP contribution in [0.1, 0.15) is 31.4 Å². The Morgan fingerprint density at radius 3 is 2.58 bits per heavy atom. The number of hydrogen-bond acceptors (Lipinski definition) is 3. The highest BCUT2D eigenvalue weighted by Gasteiger charge is 2.25. The van der Waals surface area contributed by atoms with E-state index in [2.05, 4.69) is 4.72 Å². The van der Waals surface area contributed by atoms with Gasteiger partial charge in [0.05, 0.1) is 4.90 Å². The lowest BCUT2D eigenvalue weighted by Gasteiger charge is -2.18. The first-order chi connectivity index (χ1) is 12.4. The maximum Gasteiger partial charge on any atom is 0.240 e. The Balaban J connectivity index is 1.78. The zero-order valence-corrected chi connectivity index (χ0v) is 15.9. The minimum absolute atomic E-state index is 0.0219. The van der Waals surface area contributed by atoms with Gasteiger partial charge in [-0.05, 0) is 48.6 Å². The van der Waals surface area contributed by atoms with Crippen molar-refractivity contribution in [2.45, 2.75) is 44.0 Å². The second-order valence-corrected chi connectivity index (χ2v) is 8.34. The largest absolute Gasteiger partial charge is 0.312 e. The molecule has 1 amide bonds. The number of benzene rings is 2. The lowest BCUT2D eigenvalue weighted by molar-refractivity contribution is -0.116. The first-order valence-electron chi connectivity index (χ1n) is 8.88. The highest BCUT2D eigenvalue weighted by Crippen LogP contribution is 2.30. The van der Waals surface area contributed by atoms with Crippen molar-refractivity contribution < 1.29 is 13.2 Å². The van der Waals surface area contributed by atoms with Crippen molar-refractivity contribution in [1.29, 1.82) is 0 Å². The average molecular weight is 372 g/mol. The van der Waals surface area contributed by atoms with Gasteiger partial charge in [0.15, 0.2) is 0 Å². The zero-order valence-electron chi connectivity index (χ0n) is 15.1. The molecule has 0 bridgehead atoms. The molecule has 0 fully saturated rings. The van der Waals surface area contributed by atoms with Crippen LogP contribution in [0.15, 0.2) is 53.4 Å². The number of hydrogen-bond donors (Lipinski definition) is 1. The van der Waals surface area contributed by atoms with Gasteiger partial charge in [0.2, 0.25) is 15.9 Å². The van der Waals surface area contributed by atoms with Gasteiger partial charge in [-0.25, -0.2) is 13.1 Å². The molecule has 3 rings (SSSR count). The van der Waals surface area contributed by atoms with Crippen LogP contribution >= 0.6 is 0 Å². The maximum atomic E-state index is 12.8. The van der Waals surface area contributed by atoms with Crippen LogP contribution in [0.3, 0.4) is 0 Å². The minimum Gasteiger partial charge on any atom is -0.312 e. The second kappa shape index (κ2) is 7.60. The van der Waals surface area contributed by atoms with Gasteiger partial charge in [0, 0.05) is 25.2 Å². The van der Waals surface area contributed by atoms with Crippen molar-refractivity contribution in [3.8, 4) is 0 Å². The van der Waals surface area contributed by atoms with Crippen LogP contribution in [0.4, 0.5) is 5.69 Å². The molecule has 0 saturated heterocycles. The van der Waals surface area contributed by atoms with Crippen LogP contribution in [0.25, 0.3) is 0 Å². The van der Waals surface area contributed by atoms with Crippen molar-refractivity contribution in [2.75, 3.05) is 11.4 Å². The number of nitrogens with one attached hydrogen (secondary N) is 1. The molecule has 1 atom stereocenters. The number of anilines is 1. The monoisotopic (exact) mass is 372 g/mol. The predicted octanol–water partition coefficient (Wildman–Crippen LogP) is 2.90. The Kier molecular flexibility index (Phi) is 5.44. The molecule has 2 aromatic carbocycles. The summed E-state index contributed by atoms with van der Waals surface area (Å²) < 4.78 is 28.5. The molecule has 5 nitrogen and oxygen atoms in total. The molecule has 0 aliphatic carbocycles. The average Bonchev–Trinajstić information content (AvgIpc) is 3.05. The molecule has 138 valence electrons. The molecule has 0 aromatic heterocycles. The lowest BCUT2D eigenvalue weighted by atomic mass is 10.1. The number of fused-ring (bicyclic) bond motifs is 1. The van der Waals surface area contributed by atoms with Gasteiger partial charge in [-0.2, -0.15) is 0 Å². The molecule has 1 unspecified atom stereocenters. The van der Waals surface area contributed by atoms with E-state index in [9.17, 15) is 13.2 Å². The summed E-state index contributed by atoms with van der Waals surface area (Å²) in [5.74, 6) is -0.0219. The highest BCUT2D eigenvalue weighted by molar-refractivity contribution is 7.89. The van der Waals surface area contributed by atoms with E-state index in [4.69, 9.17) is 0 Å². The topological polar surface area (TPSA) is 66.5 Å². The van der Waals surface area contributed by atoms with E-state index in [1.54, 1.807) is 23.1 Å². The van der Waals surface area contributed by atoms with Crippen LogP contribution in [0.5, 0.6) is 0 Å². The summed E-state index contributed by atoms with van der Waals surface area (Å²) in [7, 11) is -3.60. The van der Waals surface area contributed by atoms with Gasteiger partial charge in [-0.3, -0.25) is 4.79 Å². The van der Waals surface area contributed by atoms with Crippen LogP contribution in [0.2, 0.25) is 0 Å². The van der Waals surface area contributed by atoms with Gasteiger partial charge in [-0.1, -0.05) is 37.3 Å². The van der Waals surface area contributed by atoms with Gasteiger partial charge >= 0.3 is 0 Å². The molecule has 1 aliphatic rings. The van der Waals surface area contributed by atoms with Crippen molar-refractivity contribution >= 4 is 21.6 Å². The Hall–Kier alpha value is -2.18.